The number of halogens is 1. The maximum atomic E-state index is 12.6. The monoisotopic (exact) mass is 425 g/mol. The number of hydrogen-bond donors (Lipinski definition) is 2. The zero-order chi connectivity index (χ0) is 19.4. The number of benzene rings is 2. The molecule has 2 N–H and O–H groups in total. The van der Waals surface area contributed by atoms with E-state index in [4.69, 9.17) is 4.74 Å². The standard InChI is InChI=1S/C19H23N3O4S.ClH/c1-22(15-11-12-20-13-15)19(23)14-7-9-16(10-8-14)27(24,25)21-17-5-3-4-6-18(17)26-2;/h3-10,15,20-21H,11-13H2,1-2H3;1H. The van der Waals surface area contributed by atoms with E-state index >= 15 is 0 Å². The third-order valence-corrected chi connectivity index (χ3v) is 6.05. The summed E-state index contributed by atoms with van der Waals surface area (Å²) in [4.78, 5) is 14.4. The zero-order valence-electron chi connectivity index (χ0n) is 15.7. The van der Waals surface area contributed by atoms with Crippen LogP contribution in [0.1, 0.15) is 16.8 Å². The van der Waals surface area contributed by atoms with Gasteiger partial charge >= 0.3 is 0 Å². The van der Waals surface area contributed by atoms with Gasteiger partial charge in [-0.1, -0.05) is 12.1 Å². The molecule has 3 rings (SSSR count). The Morgan fingerprint density at radius 1 is 1.18 bits per heavy atom. The third-order valence-electron chi connectivity index (χ3n) is 4.67. The van der Waals surface area contributed by atoms with Crippen molar-refractivity contribution in [2.75, 3.05) is 32.0 Å². The molecule has 1 unspecified atom stereocenters. The van der Waals surface area contributed by atoms with E-state index in [1.54, 1.807) is 36.2 Å². The fourth-order valence-corrected chi connectivity index (χ4v) is 4.12. The summed E-state index contributed by atoms with van der Waals surface area (Å²) in [5, 5.41) is 3.23. The van der Waals surface area contributed by atoms with Crippen LogP contribution in [0.15, 0.2) is 53.4 Å². The lowest BCUT2D eigenvalue weighted by atomic mass is 10.1. The summed E-state index contributed by atoms with van der Waals surface area (Å²) in [5.41, 5.74) is 0.814. The molecule has 1 aliphatic heterocycles. The van der Waals surface area contributed by atoms with E-state index in [0.717, 1.165) is 19.5 Å². The Balaban J connectivity index is 0.00000280. The lowest BCUT2D eigenvalue weighted by Gasteiger charge is -2.23. The highest BCUT2D eigenvalue weighted by Gasteiger charge is 2.24. The summed E-state index contributed by atoms with van der Waals surface area (Å²) in [5.74, 6) is 0.310. The number of hydrogen-bond acceptors (Lipinski definition) is 5. The van der Waals surface area contributed by atoms with Crippen molar-refractivity contribution in [2.24, 2.45) is 0 Å². The highest BCUT2D eigenvalue weighted by atomic mass is 35.5. The highest BCUT2D eigenvalue weighted by Crippen LogP contribution is 2.26. The van der Waals surface area contributed by atoms with Gasteiger partial charge in [-0.15, -0.1) is 12.4 Å². The van der Waals surface area contributed by atoms with Gasteiger partial charge in [0, 0.05) is 25.2 Å². The van der Waals surface area contributed by atoms with Gasteiger partial charge in [0.1, 0.15) is 5.75 Å². The number of rotatable bonds is 6. The Labute approximate surface area is 171 Å². The first-order chi connectivity index (χ1) is 12.9. The van der Waals surface area contributed by atoms with Crippen molar-refractivity contribution in [3.05, 3.63) is 54.1 Å². The van der Waals surface area contributed by atoms with E-state index in [-0.39, 0.29) is 29.3 Å². The fourth-order valence-electron chi connectivity index (χ4n) is 3.05. The fraction of sp³-hybridized carbons (Fsp3) is 0.316. The number of nitrogens with one attached hydrogen (secondary N) is 2. The van der Waals surface area contributed by atoms with E-state index in [1.165, 1.54) is 31.4 Å². The summed E-state index contributed by atoms with van der Waals surface area (Å²) in [6.45, 7) is 1.67. The second-order valence-corrected chi connectivity index (χ2v) is 8.08. The molecular formula is C19H24ClN3O4S. The summed E-state index contributed by atoms with van der Waals surface area (Å²) >= 11 is 0. The number of likely N-dealkylation sites (N-methyl/N-ethyl adjacent to an activating group) is 1. The molecule has 0 spiro atoms. The van der Waals surface area contributed by atoms with Crippen LogP contribution in [0, 0.1) is 0 Å². The number of anilines is 1. The molecule has 0 aromatic heterocycles. The van der Waals surface area contributed by atoms with Crippen LogP contribution in [0.3, 0.4) is 0 Å². The normalized spacial score (nSPS) is 16.1. The van der Waals surface area contributed by atoms with Crippen LogP contribution >= 0.6 is 12.4 Å². The van der Waals surface area contributed by atoms with Crippen LogP contribution < -0.4 is 14.8 Å². The van der Waals surface area contributed by atoms with Gasteiger partial charge in [-0.05, 0) is 49.4 Å². The topological polar surface area (TPSA) is 87.7 Å². The van der Waals surface area contributed by atoms with Gasteiger partial charge in [0.2, 0.25) is 0 Å². The van der Waals surface area contributed by atoms with E-state index < -0.39 is 10.0 Å². The van der Waals surface area contributed by atoms with Gasteiger partial charge in [0.25, 0.3) is 15.9 Å². The van der Waals surface area contributed by atoms with Crippen molar-refractivity contribution < 1.29 is 17.9 Å². The van der Waals surface area contributed by atoms with Crippen LogP contribution in [-0.4, -0.2) is 52.5 Å². The maximum absolute atomic E-state index is 12.6. The lowest BCUT2D eigenvalue weighted by molar-refractivity contribution is 0.0743. The molecule has 1 amide bonds. The SMILES string of the molecule is COc1ccccc1NS(=O)(=O)c1ccc(C(=O)N(C)C2CCNC2)cc1.Cl. The van der Waals surface area contributed by atoms with Crippen molar-refractivity contribution in [1.29, 1.82) is 0 Å². The number of carbonyl (C=O) groups excluding carboxylic acids is 1. The van der Waals surface area contributed by atoms with Crippen LogP contribution in [0.5, 0.6) is 5.75 Å². The Morgan fingerprint density at radius 3 is 2.46 bits per heavy atom. The number of sulfonamides is 1. The van der Waals surface area contributed by atoms with Gasteiger partial charge < -0.3 is 15.0 Å². The number of methoxy groups -OCH3 is 1. The van der Waals surface area contributed by atoms with Crippen LogP contribution in [0.25, 0.3) is 0 Å². The third kappa shape index (κ3) is 4.76. The molecule has 2 aromatic carbocycles. The Kier molecular flexibility index (Phi) is 7.29. The predicted molar refractivity (Wildman–Crippen MR) is 111 cm³/mol. The molecule has 0 saturated carbocycles. The number of amides is 1. The van der Waals surface area contributed by atoms with Gasteiger partial charge in [-0.3, -0.25) is 9.52 Å². The minimum atomic E-state index is -3.79. The summed E-state index contributed by atoms with van der Waals surface area (Å²) < 4.78 is 32.9. The van der Waals surface area contributed by atoms with Gasteiger partial charge in [-0.2, -0.15) is 0 Å². The molecular weight excluding hydrogens is 402 g/mol. The van der Waals surface area contributed by atoms with Gasteiger partial charge in [0.15, 0.2) is 0 Å². The minimum absolute atomic E-state index is 0. The summed E-state index contributed by atoms with van der Waals surface area (Å²) in [7, 11) is -0.541. The molecule has 7 nitrogen and oxygen atoms in total. The Morgan fingerprint density at radius 2 is 1.86 bits per heavy atom. The first-order valence-corrected chi connectivity index (χ1v) is 10.1. The maximum Gasteiger partial charge on any atom is 0.262 e. The van der Waals surface area contributed by atoms with Crippen molar-refractivity contribution in [3.63, 3.8) is 0 Å². The predicted octanol–water partition coefficient (Wildman–Crippen LogP) is 2.35. The van der Waals surface area contributed by atoms with Crippen molar-refractivity contribution in [1.82, 2.24) is 10.2 Å². The minimum Gasteiger partial charge on any atom is -0.495 e. The Bertz CT molecular complexity index is 913. The molecule has 1 aliphatic rings. The average Bonchev–Trinajstić information content (AvgIpc) is 3.22. The summed E-state index contributed by atoms with van der Waals surface area (Å²) in [6.07, 6.45) is 0.914. The van der Waals surface area contributed by atoms with E-state index in [0.29, 0.717) is 17.0 Å². The second kappa shape index (κ2) is 9.27. The van der Waals surface area contributed by atoms with Crippen molar-refractivity contribution in [2.45, 2.75) is 17.4 Å². The van der Waals surface area contributed by atoms with Crippen LogP contribution in [-0.2, 0) is 10.0 Å². The average molecular weight is 426 g/mol. The smallest absolute Gasteiger partial charge is 0.262 e. The van der Waals surface area contributed by atoms with Gasteiger partial charge in [-0.25, -0.2) is 8.42 Å². The van der Waals surface area contributed by atoms with Crippen LogP contribution in [0.2, 0.25) is 0 Å². The van der Waals surface area contributed by atoms with Crippen LogP contribution in [0.4, 0.5) is 5.69 Å². The summed E-state index contributed by atoms with van der Waals surface area (Å²) in [6, 6.07) is 12.9. The number of nitrogens with zero attached hydrogens (tertiary/aromatic N) is 1. The van der Waals surface area contributed by atoms with Crippen molar-refractivity contribution in [3.8, 4) is 5.75 Å². The molecule has 28 heavy (non-hydrogen) atoms. The van der Waals surface area contributed by atoms with Crippen molar-refractivity contribution >= 4 is 34.0 Å². The quantitative estimate of drug-likeness (QED) is 0.741. The number of para-hydroxylation sites is 2. The molecule has 0 bridgehead atoms. The first-order valence-electron chi connectivity index (χ1n) is 8.66. The first kappa shape index (κ1) is 22.0. The molecule has 0 aliphatic carbocycles. The molecule has 2 aromatic rings. The Hall–Kier alpha value is -2.29. The molecule has 9 heteroatoms. The largest absolute Gasteiger partial charge is 0.495 e. The highest BCUT2D eigenvalue weighted by molar-refractivity contribution is 7.92. The van der Waals surface area contributed by atoms with Gasteiger partial charge in [0.05, 0.1) is 17.7 Å². The molecule has 152 valence electrons. The molecule has 1 saturated heterocycles. The molecule has 1 fully saturated rings. The number of ether oxygens (including phenoxy) is 1. The van der Waals surface area contributed by atoms with E-state index in [9.17, 15) is 13.2 Å². The van der Waals surface area contributed by atoms with E-state index in [1.807, 2.05) is 0 Å². The van der Waals surface area contributed by atoms with E-state index in [2.05, 4.69) is 10.0 Å². The number of carbonyl (C=O) groups is 1. The molecule has 1 atom stereocenters. The zero-order valence-corrected chi connectivity index (χ0v) is 17.3. The molecule has 0 radical (unpaired) electrons. The lowest BCUT2D eigenvalue weighted by Crippen LogP contribution is -2.38. The second-order valence-electron chi connectivity index (χ2n) is 6.39. The molecule has 1 heterocycles.